The van der Waals surface area contributed by atoms with E-state index in [0.717, 1.165) is 38.3 Å². The molecule has 0 spiro atoms. The van der Waals surface area contributed by atoms with E-state index >= 15 is 0 Å². The highest BCUT2D eigenvalue weighted by Crippen LogP contribution is 2.37. The molecule has 168 valence electrons. The molecule has 0 N–H and O–H groups in total. The second-order valence-corrected chi connectivity index (χ2v) is 7.90. The second kappa shape index (κ2) is 11.3. The third-order valence-electron chi connectivity index (χ3n) is 5.09. The number of morpholine rings is 1. The van der Waals surface area contributed by atoms with Gasteiger partial charge in [0.25, 0.3) is 5.91 Å². The number of benzene rings is 2. The number of halogens is 1. The number of rotatable bonds is 9. The SMILES string of the molecule is CCCOc1c(Cl)cc(C(=O)N(C)Cc2ccc(N3CCOCC3)cc2)cc1OCC. The van der Waals surface area contributed by atoms with Gasteiger partial charge in [-0.25, -0.2) is 0 Å². The van der Waals surface area contributed by atoms with E-state index in [1.165, 1.54) is 5.69 Å². The summed E-state index contributed by atoms with van der Waals surface area (Å²) in [6.45, 7) is 8.72. The fourth-order valence-corrected chi connectivity index (χ4v) is 3.76. The minimum atomic E-state index is -0.123. The summed E-state index contributed by atoms with van der Waals surface area (Å²) in [5.74, 6) is 0.862. The molecular formula is C24H31ClN2O4. The van der Waals surface area contributed by atoms with E-state index in [-0.39, 0.29) is 5.91 Å². The van der Waals surface area contributed by atoms with Crippen LogP contribution in [0, 0.1) is 0 Å². The van der Waals surface area contributed by atoms with Gasteiger partial charge in [0.1, 0.15) is 0 Å². The molecule has 1 fully saturated rings. The van der Waals surface area contributed by atoms with E-state index in [1.807, 2.05) is 13.8 Å². The molecule has 3 rings (SSSR count). The molecule has 0 radical (unpaired) electrons. The number of anilines is 1. The van der Waals surface area contributed by atoms with Crippen molar-refractivity contribution < 1.29 is 19.0 Å². The number of hydrogen-bond donors (Lipinski definition) is 0. The van der Waals surface area contributed by atoms with Gasteiger partial charge >= 0.3 is 0 Å². The summed E-state index contributed by atoms with van der Waals surface area (Å²) in [5, 5.41) is 0.381. The fourth-order valence-electron chi connectivity index (χ4n) is 3.50. The fraction of sp³-hybridized carbons (Fsp3) is 0.458. The van der Waals surface area contributed by atoms with Gasteiger partial charge in [0.05, 0.1) is 31.5 Å². The molecule has 6 nitrogen and oxygen atoms in total. The maximum Gasteiger partial charge on any atom is 0.254 e. The van der Waals surface area contributed by atoms with Gasteiger partial charge in [-0.3, -0.25) is 4.79 Å². The van der Waals surface area contributed by atoms with Crippen LogP contribution < -0.4 is 14.4 Å². The maximum atomic E-state index is 13.0. The van der Waals surface area contributed by atoms with Gasteiger partial charge in [-0.2, -0.15) is 0 Å². The van der Waals surface area contributed by atoms with Gasteiger partial charge in [-0.05, 0) is 43.2 Å². The summed E-state index contributed by atoms with van der Waals surface area (Å²) in [5.41, 5.74) is 2.72. The van der Waals surface area contributed by atoms with Crippen LogP contribution in [-0.2, 0) is 11.3 Å². The number of nitrogens with zero attached hydrogens (tertiary/aromatic N) is 2. The first kappa shape index (κ1) is 23.2. The van der Waals surface area contributed by atoms with Gasteiger partial charge in [0, 0.05) is 37.9 Å². The highest BCUT2D eigenvalue weighted by atomic mass is 35.5. The zero-order valence-electron chi connectivity index (χ0n) is 18.5. The largest absolute Gasteiger partial charge is 0.490 e. The van der Waals surface area contributed by atoms with Crippen molar-refractivity contribution in [3.8, 4) is 11.5 Å². The predicted molar refractivity (Wildman–Crippen MR) is 124 cm³/mol. The third kappa shape index (κ3) is 6.05. The van der Waals surface area contributed by atoms with E-state index in [1.54, 1.807) is 24.1 Å². The van der Waals surface area contributed by atoms with Crippen molar-refractivity contribution in [2.75, 3.05) is 51.5 Å². The summed E-state index contributed by atoms with van der Waals surface area (Å²) >= 11 is 6.42. The normalized spacial score (nSPS) is 13.7. The number of carbonyl (C=O) groups excluding carboxylic acids is 1. The topological polar surface area (TPSA) is 51.2 Å². The summed E-state index contributed by atoms with van der Waals surface area (Å²) in [4.78, 5) is 17.0. The van der Waals surface area contributed by atoms with E-state index < -0.39 is 0 Å². The molecule has 1 heterocycles. The van der Waals surface area contributed by atoms with Gasteiger partial charge in [-0.15, -0.1) is 0 Å². The monoisotopic (exact) mass is 446 g/mol. The van der Waals surface area contributed by atoms with Crippen LogP contribution in [0.4, 0.5) is 5.69 Å². The predicted octanol–water partition coefficient (Wildman–Crippen LogP) is 4.64. The van der Waals surface area contributed by atoms with Crippen LogP contribution in [0.2, 0.25) is 5.02 Å². The van der Waals surface area contributed by atoms with Crippen molar-refractivity contribution in [3.05, 3.63) is 52.5 Å². The smallest absolute Gasteiger partial charge is 0.254 e. The summed E-state index contributed by atoms with van der Waals surface area (Å²) in [6, 6.07) is 11.7. The van der Waals surface area contributed by atoms with Crippen LogP contribution in [0.15, 0.2) is 36.4 Å². The van der Waals surface area contributed by atoms with E-state index in [4.69, 9.17) is 25.8 Å². The lowest BCUT2D eigenvalue weighted by molar-refractivity contribution is 0.0784. The summed E-state index contributed by atoms with van der Waals surface area (Å²) < 4.78 is 16.8. The number of carbonyl (C=O) groups is 1. The molecule has 31 heavy (non-hydrogen) atoms. The molecule has 7 heteroatoms. The van der Waals surface area contributed by atoms with Crippen LogP contribution in [-0.4, -0.2) is 57.4 Å². The Labute approximate surface area is 189 Å². The Kier molecular flexibility index (Phi) is 8.43. The first-order valence-electron chi connectivity index (χ1n) is 10.8. The Morgan fingerprint density at radius 3 is 2.48 bits per heavy atom. The highest BCUT2D eigenvalue weighted by Gasteiger charge is 2.19. The Morgan fingerprint density at radius 1 is 1.13 bits per heavy atom. The summed E-state index contributed by atoms with van der Waals surface area (Å²) in [6.07, 6.45) is 0.857. The molecule has 0 unspecified atom stereocenters. The zero-order chi connectivity index (χ0) is 22.2. The van der Waals surface area contributed by atoms with Crippen molar-refractivity contribution in [2.45, 2.75) is 26.8 Å². The molecule has 1 aliphatic rings. The molecule has 1 saturated heterocycles. The minimum Gasteiger partial charge on any atom is -0.490 e. The lowest BCUT2D eigenvalue weighted by atomic mass is 10.1. The van der Waals surface area contributed by atoms with Crippen LogP contribution >= 0.6 is 11.6 Å². The van der Waals surface area contributed by atoms with Crippen molar-refractivity contribution in [3.63, 3.8) is 0 Å². The lowest BCUT2D eigenvalue weighted by Gasteiger charge is -2.29. The van der Waals surface area contributed by atoms with Crippen LogP contribution in [0.1, 0.15) is 36.2 Å². The average Bonchev–Trinajstić information content (AvgIpc) is 2.79. The van der Waals surface area contributed by atoms with Crippen molar-refractivity contribution >= 4 is 23.2 Å². The second-order valence-electron chi connectivity index (χ2n) is 7.49. The molecule has 0 aromatic heterocycles. The molecule has 0 aliphatic carbocycles. The van der Waals surface area contributed by atoms with Gasteiger partial charge in [0.2, 0.25) is 0 Å². The lowest BCUT2D eigenvalue weighted by Crippen LogP contribution is -2.36. The van der Waals surface area contributed by atoms with E-state index in [0.29, 0.717) is 41.8 Å². The van der Waals surface area contributed by atoms with Gasteiger partial charge < -0.3 is 24.0 Å². The van der Waals surface area contributed by atoms with Crippen LogP contribution in [0.5, 0.6) is 11.5 Å². The molecule has 0 saturated carbocycles. The molecular weight excluding hydrogens is 416 g/mol. The Hall–Kier alpha value is -2.44. The first-order chi connectivity index (χ1) is 15.0. The third-order valence-corrected chi connectivity index (χ3v) is 5.37. The number of hydrogen-bond acceptors (Lipinski definition) is 5. The molecule has 1 amide bonds. The van der Waals surface area contributed by atoms with E-state index in [2.05, 4.69) is 29.2 Å². The molecule has 2 aromatic rings. The highest BCUT2D eigenvalue weighted by molar-refractivity contribution is 6.32. The number of amides is 1. The first-order valence-corrected chi connectivity index (χ1v) is 11.2. The molecule has 1 aliphatic heterocycles. The Bertz CT molecular complexity index is 867. The standard InChI is InChI=1S/C24H31ClN2O4/c1-4-12-31-23-21(25)15-19(16-22(23)30-5-2)24(28)26(3)17-18-6-8-20(9-7-18)27-10-13-29-14-11-27/h6-9,15-16H,4-5,10-14,17H2,1-3H3. The van der Waals surface area contributed by atoms with Crippen molar-refractivity contribution in [1.82, 2.24) is 4.90 Å². The van der Waals surface area contributed by atoms with Crippen LogP contribution in [0.3, 0.4) is 0 Å². The Morgan fingerprint density at radius 2 is 1.84 bits per heavy atom. The minimum absolute atomic E-state index is 0.123. The number of ether oxygens (including phenoxy) is 3. The maximum absolute atomic E-state index is 13.0. The molecule has 0 atom stereocenters. The zero-order valence-corrected chi connectivity index (χ0v) is 19.3. The average molecular weight is 447 g/mol. The van der Waals surface area contributed by atoms with Crippen molar-refractivity contribution in [1.29, 1.82) is 0 Å². The van der Waals surface area contributed by atoms with Crippen molar-refractivity contribution in [2.24, 2.45) is 0 Å². The summed E-state index contributed by atoms with van der Waals surface area (Å²) in [7, 11) is 1.79. The van der Waals surface area contributed by atoms with E-state index in [9.17, 15) is 4.79 Å². The molecule has 0 bridgehead atoms. The molecule has 2 aromatic carbocycles. The quantitative estimate of drug-likeness (QED) is 0.561. The van der Waals surface area contributed by atoms with Gasteiger partial charge in [-0.1, -0.05) is 30.7 Å². The van der Waals surface area contributed by atoms with Gasteiger partial charge in [0.15, 0.2) is 11.5 Å². The van der Waals surface area contributed by atoms with Crippen LogP contribution in [0.25, 0.3) is 0 Å². The Balaban J connectivity index is 1.70.